The van der Waals surface area contributed by atoms with Crippen molar-refractivity contribution in [3.05, 3.63) is 52.3 Å². The minimum absolute atomic E-state index is 0.0773. The second kappa shape index (κ2) is 8.64. The monoisotopic (exact) mass is 328 g/mol. The molecule has 24 heavy (non-hydrogen) atoms. The van der Waals surface area contributed by atoms with Gasteiger partial charge in [-0.3, -0.25) is 9.48 Å². The van der Waals surface area contributed by atoms with Crippen molar-refractivity contribution in [2.45, 2.75) is 46.6 Å². The van der Waals surface area contributed by atoms with E-state index in [0.717, 1.165) is 30.8 Å². The maximum Gasteiger partial charge on any atom is 0.220 e. The molecular formula is C19H28N4O. The highest BCUT2D eigenvalue weighted by atomic mass is 16.1. The van der Waals surface area contributed by atoms with Crippen LogP contribution in [0, 0.1) is 20.8 Å². The number of rotatable bonds is 8. The number of carbonyl (C=O) groups is 1. The summed E-state index contributed by atoms with van der Waals surface area (Å²) in [7, 11) is 0. The van der Waals surface area contributed by atoms with Crippen LogP contribution in [-0.2, 0) is 17.8 Å². The first-order chi connectivity index (χ1) is 11.5. The molecule has 3 N–H and O–H groups in total. The molecule has 0 bridgehead atoms. The van der Waals surface area contributed by atoms with E-state index in [1.807, 2.05) is 11.6 Å². The van der Waals surface area contributed by atoms with E-state index in [-0.39, 0.29) is 5.91 Å². The first-order valence-corrected chi connectivity index (χ1v) is 8.56. The fraction of sp³-hybridized carbons (Fsp3) is 0.474. The van der Waals surface area contributed by atoms with Crippen molar-refractivity contribution >= 4 is 5.91 Å². The highest BCUT2D eigenvalue weighted by Crippen LogP contribution is 2.17. The first-order valence-electron chi connectivity index (χ1n) is 8.56. The number of hydrogen-bond acceptors (Lipinski definition) is 3. The molecule has 0 saturated carbocycles. The van der Waals surface area contributed by atoms with E-state index < -0.39 is 0 Å². The standard InChI is InChI=1S/C19H28N4O/c1-14-5-7-17(8-6-14)13-23-16(3)18(15(2)22-23)9-10-19(24)21-12-4-11-20/h5-8H,4,9-13,20H2,1-3H3,(H,21,24). The normalized spacial score (nSPS) is 10.8. The molecule has 0 aliphatic carbocycles. The largest absolute Gasteiger partial charge is 0.356 e. The molecule has 0 saturated heterocycles. The Hall–Kier alpha value is -2.14. The van der Waals surface area contributed by atoms with Gasteiger partial charge < -0.3 is 11.1 Å². The zero-order valence-corrected chi connectivity index (χ0v) is 14.9. The van der Waals surface area contributed by atoms with Crippen molar-refractivity contribution in [3.8, 4) is 0 Å². The Morgan fingerprint density at radius 3 is 2.58 bits per heavy atom. The predicted octanol–water partition coefficient (Wildman–Crippen LogP) is 2.25. The van der Waals surface area contributed by atoms with Crippen LogP contribution in [0.5, 0.6) is 0 Å². The van der Waals surface area contributed by atoms with Crippen LogP contribution >= 0.6 is 0 Å². The Morgan fingerprint density at radius 2 is 1.92 bits per heavy atom. The molecule has 1 aromatic heterocycles. The topological polar surface area (TPSA) is 72.9 Å². The second-order valence-electron chi connectivity index (χ2n) is 6.28. The zero-order chi connectivity index (χ0) is 17.5. The number of carbonyl (C=O) groups excluding carboxylic acids is 1. The van der Waals surface area contributed by atoms with E-state index in [1.165, 1.54) is 16.7 Å². The van der Waals surface area contributed by atoms with Crippen LogP contribution < -0.4 is 11.1 Å². The summed E-state index contributed by atoms with van der Waals surface area (Å²) in [6.07, 6.45) is 2.03. The summed E-state index contributed by atoms with van der Waals surface area (Å²) in [5.41, 5.74) is 11.2. The van der Waals surface area contributed by atoms with Crippen molar-refractivity contribution in [2.75, 3.05) is 13.1 Å². The Kier molecular flexibility index (Phi) is 6.55. The van der Waals surface area contributed by atoms with Gasteiger partial charge in [-0.1, -0.05) is 29.8 Å². The summed E-state index contributed by atoms with van der Waals surface area (Å²) in [4.78, 5) is 11.9. The lowest BCUT2D eigenvalue weighted by Gasteiger charge is -2.07. The van der Waals surface area contributed by atoms with E-state index >= 15 is 0 Å². The zero-order valence-electron chi connectivity index (χ0n) is 14.9. The molecule has 0 fully saturated rings. The Bertz CT molecular complexity index is 673. The Morgan fingerprint density at radius 1 is 1.21 bits per heavy atom. The molecule has 0 unspecified atom stereocenters. The number of hydrogen-bond donors (Lipinski definition) is 2. The molecule has 0 atom stereocenters. The van der Waals surface area contributed by atoms with Crippen molar-refractivity contribution in [1.82, 2.24) is 15.1 Å². The van der Waals surface area contributed by atoms with E-state index in [9.17, 15) is 4.79 Å². The molecule has 5 nitrogen and oxygen atoms in total. The van der Waals surface area contributed by atoms with Gasteiger partial charge in [-0.15, -0.1) is 0 Å². The molecule has 0 aliphatic rings. The van der Waals surface area contributed by atoms with Gasteiger partial charge in [0.2, 0.25) is 5.91 Å². The maximum atomic E-state index is 11.9. The van der Waals surface area contributed by atoms with Crippen molar-refractivity contribution in [2.24, 2.45) is 5.73 Å². The fourth-order valence-corrected chi connectivity index (χ4v) is 2.77. The molecule has 1 amide bonds. The third kappa shape index (κ3) is 4.93. The van der Waals surface area contributed by atoms with Gasteiger partial charge in [-0.2, -0.15) is 5.10 Å². The highest BCUT2D eigenvalue weighted by Gasteiger charge is 2.13. The van der Waals surface area contributed by atoms with Crippen LogP contribution in [0.25, 0.3) is 0 Å². The van der Waals surface area contributed by atoms with Crippen LogP contribution in [0.15, 0.2) is 24.3 Å². The summed E-state index contributed by atoms with van der Waals surface area (Å²) in [5, 5.41) is 7.55. The number of benzene rings is 1. The van der Waals surface area contributed by atoms with Gasteiger partial charge in [0.15, 0.2) is 0 Å². The molecule has 1 heterocycles. The van der Waals surface area contributed by atoms with Crippen molar-refractivity contribution in [3.63, 3.8) is 0 Å². The lowest BCUT2D eigenvalue weighted by atomic mass is 10.1. The highest BCUT2D eigenvalue weighted by molar-refractivity contribution is 5.76. The summed E-state index contributed by atoms with van der Waals surface area (Å²) < 4.78 is 2.03. The van der Waals surface area contributed by atoms with Crippen LogP contribution in [0.4, 0.5) is 0 Å². The lowest BCUT2D eigenvalue weighted by Crippen LogP contribution is -2.26. The van der Waals surface area contributed by atoms with E-state index in [1.54, 1.807) is 0 Å². The third-order valence-corrected chi connectivity index (χ3v) is 4.29. The first kappa shape index (κ1) is 18.2. The van der Waals surface area contributed by atoms with Crippen LogP contribution in [0.3, 0.4) is 0 Å². The lowest BCUT2D eigenvalue weighted by molar-refractivity contribution is -0.121. The average molecular weight is 328 g/mol. The molecule has 0 spiro atoms. The number of aromatic nitrogens is 2. The maximum absolute atomic E-state index is 11.9. The molecule has 1 aromatic carbocycles. The Labute approximate surface area is 144 Å². The van der Waals surface area contributed by atoms with Crippen LogP contribution in [0.2, 0.25) is 0 Å². The summed E-state index contributed by atoms with van der Waals surface area (Å²) in [5.74, 6) is 0.0773. The molecule has 2 rings (SSSR count). The summed E-state index contributed by atoms with van der Waals surface area (Å²) >= 11 is 0. The molecular weight excluding hydrogens is 300 g/mol. The fourth-order valence-electron chi connectivity index (χ4n) is 2.77. The van der Waals surface area contributed by atoms with Gasteiger partial charge in [-0.05, 0) is 51.3 Å². The molecule has 0 radical (unpaired) electrons. The number of nitrogens with two attached hydrogens (primary N) is 1. The number of aryl methyl sites for hydroxylation is 2. The predicted molar refractivity (Wildman–Crippen MR) is 97.0 cm³/mol. The van der Waals surface area contributed by atoms with Crippen molar-refractivity contribution < 1.29 is 4.79 Å². The van der Waals surface area contributed by atoms with Gasteiger partial charge in [0.25, 0.3) is 0 Å². The van der Waals surface area contributed by atoms with E-state index in [4.69, 9.17) is 5.73 Å². The molecule has 5 heteroatoms. The number of nitrogens with one attached hydrogen (secondary N) is 1. The van der Waals surface area contributed by atoms with E-state index in [0.29, 0.717) is 19.5 Å². The summed E-state index contributed by atoms with van der Waals surface area (Å²) in [6, 6.07) is 8.51. The smallest absolute Gasteiger partial charge is 0.220 e. The van der Waals surface area contributed by atoms with E-state index in [2.05, 4.69) is 48.5 Å². The molecule has 0 aliphatic heterocycles. The number of amides is 1. The molecule has 130 valence electrons. The van der Waals surface area contributed by atoms with Gasteiger partial charge in [0.1, 0.15) is 0 Å². The SMILES string of the molecule is Cc1ccc(Cn2nc(C)c(CCC(=O)NCCCN)c2C)cc1. The Balaban J connectivity index is 1.98. The van der Waals surface area contributed by atoms with Crippen LogP contribution in [-0.4, -0.2) is 28.8 Å². The summed E-state index contributed by atoms with van der Waals surface area (Å²) in [6.45, 7) is 8.19. The van der Waals surface area contributed by atoms with Gasteiger partial charge >= 0.3 is 0 Å². The third-order valence-electron chi connectivity index (χ3n) is 4.29. The van der Waals surface area contributed by atoms with Gasteiger partial charge in [-0.25, -0.2) is 0 Å². The molecule has 2 aromatic rings. The van der Waals surface area contributed by atoms with Gasteiger partial charge in [0.05, 0.1) is 12.2 Å². The minimum Gasteiger partial charge on any atom is -0.356 e. The van der Waals surface area contributed by atoms with Gasteiger partial charge in [0, 0.05) is 18.7 Å². The minimum atomic E-state index is 0.0773. The second-order valence-corrected chi connectivity index (χ2v) is 6.28. The average Bonchev–Trinajstić information content (AvgIpc) is 2.82. The quantitative estimate of drug-likeness (QED) is 0.730. The van der Waals surface area contributed by atoms with Crippen LogP contribution in [0.1, 0.15) is 40.9 Å². The number of nitrogens with zero attached hydrogens (tertiary/aromatic N) is 2. The van der Waals surface area contributed by atoms with Crippen molar-refractivity contribution in [1.29, 1.82) is 0 Å².